The van der Waals surface area contributed by atoms with Crippen LogP contribution in [-0.4, -0.2) is 79.6 Å². The van der Waals surface area contributed by atoms with Crippen LogP contribution in [0, 0.1) is 0 Å². The number of rotatable bonds is 16. The largest absolute Gasteiger partial charge is 0.459 e. The molecule has 0 bridgehead atoms. The van der Waals surface area contributed by atoms with E-state index in [1.165, 1.54) is 0 Å². The van der Waals surface area contributed by atoms with Crippen molar-refractivity contribution in [1.29, 1.82) is 0 Å². The SMILES string of the molecule is CC(=O)O[C@@H]1[C@H](O)[C@@H](OC(=O)c2ccccc2)[C@H](OCCCCCCNC(=O)OCc2ccccc2)O[C@@H]1COC(=O)c1ccccc1. The van der Waals surface area contributed by atoms with E-state index in [0.717, 1.165) is 31.7 Å². The molecule has 256 valence electrons. The Kier molecular flexibility index (Phi) is 14.4. The lowest BCUT2D eigenvalue weighted by Gasteiger charge is -2.42. The lowest BCUT2D eigenvalue weighted by Crippen LogP contribution is -2.61. The number of hydrogen-bond acceptors (Lipinski definition) is 11. The van der Waals surface area contributed by atoms with Crippen molar-refractivity contribution < 1.29 is 52.7 Å². The minimum Gasteiger partial charge on any atom is -0.459 e. The minimum absolute atomic E-state index is 0.179. The van der Waals surface area contributed by atoms with Crippen LogP contribution in [0.2, 0.25) is 0 Å². The van der Waals surface area contributed by atoms with E-state index in [-0.39, 0.29) is 25.4 Å². The molecule has 1 heterocycles. The molecule has 0 radical (unpaired) electrons. The Morgan fingerprint density at radius 3 is 1.98 bits per heavy atom. The summed E-state index contributed by atoms with van der Waals surface area (Å²) in [6.45, 7) is 1.61. The zero-order valence-corrected chi connectivity index (χ0v) is 26.7. The van der Waals surface area contributed by atoms with E-state index in [4.69, 9.17) is 28.4 Å². The molecule has 0 saturated carbocycles. The van der Waals surface area contributed by atoms with Gasteiger partial charge in [0.1, 0.15) is 25.4 Å². The Bertz CT molecular complexity index is 1440. The van der Waals surface area contributed by atoms with Gasteiger partial charge in [0, 0.05) is 20.1 Å². The number of carbonyl (C=O) groups excluding carboxylic acids is 4. The second-order valence-electron chi connectivity index (χ2n) is 11.1. The Morgan fingerprint density at radius 2 is 1.33 bits per heavy atom. The van der Waals surface area contributed by atoms with Crippen LogP contribution in [0.1, 0.15) is 58.9 Å². The van der Waals surface area contributed by atoms with Crippen molar-refractivity contribution in [2.75, 3.05) is 19.8 Å². The van der Waals surface area contributed by atoms with Crippen molar-refractivity contribution in [1.82, 2.24) is 5.32 Å². The summed E-state index contributed by atoms with van der Waals surface area (Å²) in [6, 6.07) is 25.9. The van der Waals surface area contributed by atoms with Gasteiger partial charge in [0.05, 0.1) is 11.1 Å². The molecule has 0 aromatic heterocycles. The van der Waals surface area contributed by atoms with Crippen molar-refractivity contribution in [3.63, 3.8) is 0 Å². The molecule has 12 nitrogen and oxygen atoms in total. The molecule has 1 amide bonds. The molecule has 0 aliphatic carbocycles. The Balaban J connectivity index is 1.30. The lowest BCUT2D eigenvalue weighted by atomic mass is 9.98. The molecule has 1 fully saturated rings. The van der Waals surface area contributed by atoms with Gasteiger partial charge in [-0.2, -0.15) is 0 Å². The number of aliphatic hydroxyl groups excluding tert-OH is 1. The average Bonchev–Trinajstić information content (AvgIpc) is 3.11. The van der Waals surface area contributed by atoms with Crippen LogP contribution in [0.15, 0.2) is 91.0 Å². The fraction of sp³-hybridized carbons (Fsp3) is 0.389. The molecule has 3 aromatic carbocycles. The van der Waals surface area contributed by atoms with Crippen LogP contribution in [0.5, 0.6) is 0 Å². The molecule has 0 unspecified atom stereocenters. The summed E-state index contributed by atoms with van der Waals surface area (Å²) in [4.78, 5) is 49.5. The predicted molar refractivity (Wildman–Crippen MR) is 172 cm³/mol. The maximum Gasteiger partial charge on any atom is 0.407 e. The molecule has 4 rings (SSSR count). The highest BCUT2D eigenvalue weighted by Gasteiger charge is 2.50. The second kappa shape index (κ2) is 19.1. The maximum absolute atomic E-state index is 13.0. The van der Waals surface area contributed by atoms with Gasteiger partial charge < -0.3 is 38.8 Å². The molecule has 0 spiro atoms. The van der Waals surface area contributed by atoms with Gasteiger partial charge in [-0.15, -0.1) is 0 Å². The zero-order chi connectivity index (χ0) is 34.1. The van der Waals surface area contributed by atoms with E-state index in [0.29, 0.717) is 18.5 Å². The quantitative estimate of drug-likeness (QED) is 0.126. The number of hydrogen-bond donors (Lipinski definition) is 2. The summed E-state index contributed by atoms with van der Waals surface area (Å²) in [5.41, 5.74) is 1.45. The van der Waals surface area contributed by atoms with Gasteiger partial charge in [-0.25, -0.2) is 14.4 Å². The standard InChI is InChI=1S/C36H41NO11/c1-25(38)46-31-29(24-44-33(40)27-17-9-5-10-18-27)47-35(32(30(31)39)48-34(41)28-19-11-6-12-20-28)43-22-14-3-2-13-21-37-36(42)45-23-26-15-7-4-8-16-26/h4-12,15-20,29-32,35,39H,2-3,13-14,21-24H2,1H3,(H,37,42)/t29-,30+,31+,32-,35-/m1/s1. The average molecular weight is 664 g/mol. The third kappa shape index (κ3) is 11.5. The van der Waals surface area contributed by atoms with Crippen LogP contribution in [0.4, 0.5) is 4.79 Å². The van der Waals surface area contributed by atoms with Crippen molar-refractivity contribution in [2.24, 2.45) is 0 Å². The summed E-state index contributed by atoms with van der Waals surface area (Å²) in [6.07, 6.45) is -4.28. The van der Waals surface area contributed by atoms with Crippen LogP contribution >= 0.6 is 0 Å². The first-order chi connectivity index (χ1) is 23.3. The summed E-state index contributed by atoms with van der Waals surface area (Å²) in [5.74, 6) is -2.08. The van der Waals surface area contributed by atoms with Gasteiger partial charge in [0.25, 0.3) is 0 Å². The first-order valence-corrected chi connectivity index (χ1v) is 15.9. The Labute approximate surface area is 279 Å². The van der Waals surface area contributed by atoms with E-state index < -0.39 is 54.7 Å². The summed E-state index contributed by atoms with van der Waals surface area (Å²) in [7, 11) is 0. The first-order valence-electron chi connectivity index (χ1n) is 15.9. The molecule has 1 aliphatic heterocycles. The third-order valence-corrected chi connectivity index (χ3v) is 7.39. The van der Waals surface area contributed by atoms with Gasteiger partial charge in [0.2, 0.25) is 0 Å². The molecule has 48 heavy (non-hydrogen) atoms. The van der Waals surface area contributed by atoms with Gasteiger partial charge in [0.15, 0.2) is 18.5 Å². The number of alkyl carbamates (subject to hydrolysis) is 1. The zero-order valence-electron chi connectivity index (χ0n) is 26.7. The number of carbonyl (C=O) groups is 4. The van der Waals surface area contributed by atoms with Gasteiger partial charge in [-0.3, -0.25) is 4.79 Å². The normalized spacial score (nSPS) is 20.2. The van der Waals surface area contributed by atoms with E-state index in [9.17, 15) is 24.3 Å². The smallest absolute Gasteiger partial charge is 0.407 e. The molecule has 1 aliphatic rings. The Hall–Kier alpha value is -4.78. The van der Waals surface area contributed by atoms with Gasteiger partial charge in [-0.1, -0.05) is 79.6 Å². The van der Waals surface area contributed by atoms with Crippen molar-refractivity contribution in [3.8, 4) is 0 Å². The molecule has 5 atom stereocenters. The van der Waals surface area contributed by atoms with E-state index in [1.54, 1.807) is 60.7 Å². The van der Waals surface area contributed by atoms with Gasteiger partial charge in [-0.05, 0) is 42.7 Å². The number of esters is 3. The third-order valence-electron chi connectivity index (χ3n) is 7.39. The maximum atomic E-state index is 13.0. The predicted octanol–water partition coefficient (Wildman–Crippen LogP) is 4.59. The molecule has 12 heteroatoms. The number of ether oxygens (including phenoxy) is 6. The van der Waals surface area contributed by atoms with Crippen LogP contribution in [-0.2, 0) is 39.8 Å². The van der Waals surface area contributed by atoms with Crippen molar-refractivity contribution in [2.45, 2.75) is 69.9 Å². The fourth-order valence-corrected chi connectivity index (χ4v) is 4.95. The highest BCUT2D eigenvalue weighted by molar-refractivity contribution is 5.89. The minimum atomic E-state index is -1.56. The van der Waals surface area contributed by atoms with Gasteiger partial charge >= 0.3 is 24.0 Å². The number of amides is 1. The van der Waals surface area contributed by atoms with Crippen LogP contribution in [0.25, 0.3) is 0 Å². The van der Waals surface area contributed by atoms with Crippen LogP contribution in [0.3, 0.4) is 0 Å². The summed E-state index contributed by atoms with van der Waals surface area (Å²) < 4.78 is 33.7. The molecule has 3 aromatic rings. The molecular weight excluding hydrogens is 622 g/mol. The highest BCUT2D eigenvalue weighted by atomic mass is 16.7. The molecule has 1 saturated heterocycles. The second-order valence-corrected chi connectivity index (χ2v) is 11.1. The van der Waals surface area contributed by atoms with Crippen LogP contribution < -0.4 is 5.32 Å². The van der Waals surface area contributed by atoms with Crippen molar-refractivity contribution >= 4 is 24.0 Å². The van der Waals surface area contributed by atoms with E-state index in [1.807, 2.05) is 30.3 Å². The summed E-state index contributed by atoms with van der Waals surface area (Å²) >= 11 is 0. The topological polar surface area (TPSA) is 156 Å². The highest BCUT2D eigenvalue weighted by Crippen LogP contribution is 2.28. The number of nitrogens with one attached hydrogen (secondary N) is 1. The van der Waals surface area contributed by atoms with Crippen molar-refractivity contribution in [3.05, 3.63) is 108 Å². The fourth-order valence-electron chi connectivity index (χ4n) is 4.95. The first kappa shape index (κ1) is 36.1. The number of aliphatic hydroxyl groups is 1. The lowest BCUT2D eigenvalue weighted by molar-refractivity contribution is -0.302. The monoisotopic (exact) mass is 663 g/mol. The summed E-state index contributed by atoms with van der Waals surface area (Å²) in [5, 5.41) is 14.1. The Morgan fingerprint density at radius 1 is 0.729 bits per heavy atom. The van der Waals surface area contributed by atoms with E-state index >= 15 is 0 Å². The van der Waals surface area contributed by atoms with E-state index in [2.05, 4.69) is 5.32 Å². The molecular formula is C36H41NO11. The number of benzene rings is 3. The number of unbranched alkanes of at least 4 members (excludes halogenated alkanes) is 3. The molecule has 2 N–H and O–H groups in total.